The Labute approximate surface area is 126 Å². The number of nitrogens with zero attached hydrogens (tertiary/aromatic N) is 4. The van der Waals surface area contributed by atoms with Crippen molar-refractivity contribution in [3.05, 3.63) is 65.5 Å². The molecule has 3 heterocycles. The number of nitriles is 1. The Bertz CT molecular complexity index is 946. The van der Waals surface area contributed by atoms with Gasteiger partial charge in [-0.05, 0) is 29.3 Å². The molecule has 22 heavy (non-hydrogen) atoms. The Hall–Kier alpha value is -3.26. The summed E-state index contributed by atoms with van der Waals surface area (Å²) in [5, 5.41) is 18.6. The molecule has 0 saturated heterocycles. The van der Waals surface area contributed by atoms with Crippen LogP contribution in [0.5, 0.6) is 0 Å². The van der Waals surface area contributed by atoms with E-state index >= 15 is 0 Å². The van der Waals surface area contributed by atoms with Crippen molar-refractivity contribution in [3.63, 3.8) is 0 Å². The maximum Gasteiger partial charge on any atom is 0.137 e. The molecule has 1 aliphatic heterocycles. The van der Waals surface area contributed by atoms with Gasteiger partial charge < -0.3 is 4.98 Å². The van der Waals surface area contributed by atoms with Gasteiger partial charge in [0.2, 0.25) is 0 Å². The third-order valence-corrected chi connectivity index (χ3v) is 3.99. The first-order chi connectivity index (χ1) is 10.8. The summed E-state index contributed by atoms with van der Waals surface area (Å²) < 4.78 is 0. The molecule has 4 rings (SSSR count). The number of aromatic nitrogens is 2. The Kier molecular flexibility index (Phi) is 2.63. The van der Waals surface area contributed by atoms with Crippen molar-refractivity contribution in [1.82, 2.24) is 9.97 Å². The zero-order valence-electron chi connectivity index (χ0n) is 11.6. The fourth-order valence-corrected chi connectivity index (χ4v) is 2.97. The monoisotopic (exact) mass is 285 g/mol. The van der Waals surface area contributed by atoms with E-state index in [-0.39, 0.29) is 0 Å². The van der Waals surface area contributed by atoms with Crippen molar-refractivity contribution in [2.75, 3.05) is 0 Å². The van der Waals surface area contributed by atoms with E-state index in [1.165, 1.54) is 0 Å². The molecule has 1 N–H and O–H groups in total. The van der Waals surface area contributed by atoms with E-state index in [1.54, 1.807) is 18.6 Å². The number of hydrogen-bond donors (Lipinski definition) is 1. The summed E-state index contributed by atoms with van der Waals surface area (Å²) in [5.74, 6) is 0. The van der Waals surface area contributed by atoms with Crippen LogP contribution in [0.2, 0.25) is 0 Å². The van der Waals surface area contributed by atoms with Crippen LogP contribution in [-0.2, 0) is 5.41 Å². The van der Waals surface area contributed by atoms with Crippen LogP contribution in [0.1, 0.15) is 16.7 Å². The standard InChI is InChI=1S/C17H11N5/c18-9-12-3-1-2-4-14(12)17(10-21-22-11-17)15-6-8-20-16-13(15)5-7-19-16/h1-8,10-11H,(H,19,20). The predicted octanol–water partition coefficient (Wildman–Crippen LogP) is 2.79. The molecule has 1 aromatic carbocycles. The highest BCUT2D eigenvalue weighted by atomic mass is 15.2. The highest BCUT2D eigenvalue weighted by Gasteiger charge is 2.37. The number of pyridine rings is 1. The van der Waals surface area contributed by atoms with Crippen molar-refractivity contribution in [3.8, 4) is 6.07 Å². The van der Waals surface area contributed by atoms with E-state index < -0.39 is 5.41 Å². The Balaban J connectivity index is 2.07. The summed E-state index contributed by atoms with van der Waals surface area (Å²) in [6, 6.07) is 13.7. The summed E-state index contributed by atoms with van der Waals surface area (Å²) in [4.78, 5) is 7.45. The Morgan fingerprint density at radius 1 is 1.00 bits per heavy atom. The van der Waals surface area contributed by atoms with E-state index in [4.69, 9.17) is 0 Å². The minimum absolute atomic E-state index is 0.614. The van der Waals surface area contributed by atoms with Crippen molar-refractivity contribution < 1.29 is 0 Å². The second-order valence-corrected chi connectivity index (χ2v) is 5.11. The molecule has 5 heteroatoms. The molecule has 5 nitrogen and oxygen atoms in total. The smallest absolute Gasteiger partial charge is 0.137 e. The van der Waals surface area contributed by atoms with Crippen LogP contribution < -0.4 is 0 Å². The number of fused-ring (bicyclic) bond motifs is 1. The Morgan fingerprint density at radius 2 is 1.82 bits per heavy atom. The molecule has 0 saturated carbocycles. The lowest BCUT2D eigenvalue weighted by Crippen LogP contribution is -2.30. The first kappa shape index (κ1) is 12.5. The normalized spacial score (nSPS) is 15.2. The highest BCUT2D eigenvalue weighted by Crippen LogP contribution is 2.36. The molecule has 104 valence electrons. The van der Waals surface area contributed by atoms with E-state index in [0.29, 0.717) is 5.56 Å². The van der Waals surface area contributed by atoms with Gasteiger partial charge in [0, 0.05) is 30.2 Å². The van der Waals surface area contributed by atoms with Crippen molar-refractivity contribution in [1.29, 1.82) is 5.26 Å². The van der Waals surface area contributed by atoms with Crippen molar-refractivity contribution in [2.45, 2.75) is 5.41 Å². The SMILES string of the molecule is N#Cc1ccccc1C1(c2ccnc3[nH]ccc23)C=NN=C1. The topological polar surface area (TPSA) is 77.2 Å². The first-order valence-corrected chi connectivity index (χ1v) is 6.86. The van der Waals surface area contributed by atoms with Gasteiger partial charge in [0.1, 0.15) is 5.65 Å². The summed E-state index contributed by atoms with van der Waals surface area (Å²) >= 11 is 0. The molecule has 0 aliphatic carbocycles. The minimum atomic E-state index is -0.643. The van der Waals surface area contributed by atoms with Gasteiger partial charge in [0.05, 0.1) is 17.0 Å². The van der Waals surface area contributed by atoms with E-state index in [1.807, 2.05) is 42.6 Å². The van der Waals surface area contributed by atoms with Crippen LogP contribution in [0, 0.1) is 11.3 Å². The number of rotatable bonds is 2. The molecule has 0 atom stereocenters. The van der Waals surface area contributed by atoms with Gasteiger partial charge in [-0.3, -0.25) is 0 Å². The maximum absolute atomic E-state index is 9.46. The lowest BCUT2D eigenvalue weighted by Gasteiger charge is -2.25. The van der Waals surface area contributed by atoms with Gasteiger partial charge in [-0.2, -0.15) is 15.5 Å². The minimum Gasteiger partial charge on any atom is -0.346 e. The summed E-state index contributed by atoms with van der Waals surface area (Å²) in [7, 11) is 0. The molecule has 2 aromatic heterocycles. The van der Waals surface area contributed by atoms with Gasteiger partial charge in [0.25, 0.3) is 0 Å². The second-order valence-electron chi connectivity index (χ2n) is 5.11. The molecule has 0 amide bonds. The number of benzene rings is 1. The molecule has 0 fully saturated rings. The molecular formula is C17H11N5. The molecule has 1 aliphatic rings. The van der Waals surface area contributed by atoms with Crippen molar-refractivity contribution in [2.24, 2.45) is 10.2 Å². The quantitative estimate of drug-likeness (QED) is 0.786. The molecule has 0 unspecified atom stereocenters. The zero-order chi connectivity index (χ0) is 15.0. The Morgan fingerprint density at radius 3 is 2.64 bits per heavy atom. The maximum atomic E-state index is 9.46. The highest BCUT2D eigenvalue weighted by molar-refractivity contribution is 6.07. The summed E-state index contributed by atoms with van der Waals surface area (Å²) in [6.07, 6.45) is 7.18. The number of aromatic amines is 1. The fraction of sp³-hybridized carbons (Fsp3) is 0.0588. The van der Waals surface area contributed by atoms with Crippen LogP contribution in [0.15, 0.2) is 59.0 Å². The number of nitrogens with one attached hydrogen (secondary N) is 1. The van der Waals surface area contributed by atoms with Crippen molar-refractivity contribution >= 4 is 23.5 Å². The average molecular weight is 285 g/mol. The fourth-order valence-electron chi connectivity index (χ4n) is 2.97. The van der Waals surface area contributed by atoms with E-state index in [2.05, 4.69) is 26.2 Å². The molecule has 0 radical (unpaired) electrons. The summed E-state index contributed by atoms with van der Waals surface area (Å²) in [6.45, 7) is 0. The lowest BCUT2D eigenvalue weighted by molar-refractivity contribution is 0.983. The van der Waals surface area contributed by atoms with Gasteiger partial charge in [-0.25, -0.2) is 4.98 Å². The number of H-pyrrole nitrogens is 1. The van der Waals surface area contributed by atoms with E-state index in [9.17, 15) is 5.26 Å². The molecule has 0 bridgehead atoms. The largest absolute Gasteiger partial charge is 0.346 e. The van der Waals surface area contributed by atoms with Gasteiger partial charge >= 0.3 is 0 Å². The third-order valence-electron chi connectivity index (χ3n) is 3.99. The van der Waals surface area contributed by atoms with Gasteiger partial charge in [-0.15, -0.1) is 0 Å². The van der Waals surface area contributed by atoms with Crippen LogP contribution in [-0.4, -0.2) is 22.4 Å². The zero-order valence-corrected chi connectivity index (χ0v) is 11.6. The van der Waals surface area contributed by atoms with Gasteiger partial charge in [-0.1, -0.05) is 18.2 Å². The van der Waals surface area contributed by atoms with Crippen LogP contribution >= 0.6 is 0 Å². The van der Waals surface area contributed by atoms with Crippen LogP contribution in [0.3, 0.4) is 0 Å². The second kappa shape index (κ2) is 4.64. The predicted molar refractivity (Wildman–Crippen MR) is 85.0 cm³/mol. The van der Waals surface area contributed by atoms with Gasteiger partial charge in [0.15, 0.2) is 0 Å². The summed E-state index contributed by atoms with van der Waals surface area (Å²) in [5.41, 5.74) is 2.65. The average Bonchev–Trinajstić information content (AvgIpc) is 3.24. The van der Waals surface area contributed by atoms with E-state index in [0.717, 1.165) is 22.2 Å². The molecule has 3 aromatic rings. The molecular weight excluding hydrogens is 274 g/mol. The van der Waals surface area contributed by atoms with Crippen LogP contribution in [0.25, 0.3) is 11.0 Å². The first-order valence-electron chi connectivity index (χ1n) is 6.86. The number of hydrogen-bond acceptors (Lipinski definition) is 4. The van der Waals surface area contributed by atoms with Crippen LogP contribution in [0.4, 0.5) is 0 Å². The lowest BCUT2D eigenvalue weighted by atomic mass is 9.74. The molecule has 0 spiro atoms. The third kappa shape index (κ3) is 1.61.